The van der Waals surface area contributed by atoms with Gasteiger partial charge in [-0.2, -0.15) is 11.8 Å². The van der Waals surface area contributed by atoms with E-state index in [0.29, 0.717) is 11.6 Å². The van der Waals surface area contributed by atoms with Gasteiger partial charge in [-0.25, -0.2) is 4.39 Å². The molecule has 4 heteroatoms. The second-order valence-corrected chi connectivity index (χ2v) is 4.44. The predicted octanol–water partition coefficient (Wildman–Crippen LogP) is 3.06. The van der Waals surface area contributed by atoms with E-state index in [1.165, 1.54) is 12.1 Å². The second kappa shape index (κ2) is 6.27. The van der Waals surface area contributed by atoms with Crippen molar-refractivity contribution in [2.75, 3.05) is 12.3 Å². The summed E-state index contributed by atoms with van der Waals surface area (Å²) in [5, 5.41) is 0.505. The number of hydrogen-bond donors (Lipinski definition) is 1. The SMILES string of the molecule is NCCCSCc1ccc(F)cc1Cl. The van der Waals surface area contributed by atoms with Crippen LogP contribution in [0, 0.1) is 5.82 Å². The minimum Gasteiger partial charge on any atom is -0.330 e. The van der Waals surface area contributed by atoms with Crippen molar-refractivity contribution < 1.29 is 4.39 Å². The fraction of sp³-hybridized carbons (Fsp3) is 0.400. The Hall–Kier alpha value is -0.250. The molecule has 0 aromatic heterocycles. The molecule has 0 aliphatic carbocycles. The van der Waals surface area contributed by atoms with Crippen LogP contribution in [0.1, 0.15) is 12.0 Å². The van der Waals surface area contributed by atoms with Crippen LogP contribution in [-0.2, 0) is 5.75 Å². The molecule has 2 N–H and O–H groups in total. The van der Waals surface area contributed by atoms with Crippen molar-refractivity contribution in [3.05, 3.63) is 34.6 Å². The van der Waals surface area contributed by atoms with Crippen LogP contribution in [0.4, 0.5) is 4.39 Å². The summed E-state index contributed by atoms with van der Waals surface area (Å²) in [6, 6.07) is 4.51. The Bertz CT molecular complexity index is 293. The van der Waals surface area contributed by atoms with E-state index in [0.717, 1.165) is 23.5 Å². The van der Waals surface area contributed by atoms with Crippen molar-refractivity contribution in [1.29, 1.82) is 0 Å². The molecule has 0 spiro atoms. The summed E-state index contributed by atoms with van der Waals surface area (Å²) in [7, 11) is 0. The van der Waals surface area contributed by atoms with Crippen LogP contribution < -0.4 is 5.73 Å². The summed E-state index contributed by atoms with van der Waals surface area (Å²) < 4.78 is 12.7. The zero-order chi connectivity index (χ0) is 10.4. The van der Waals surface area contributed by atoms with Gasteiger partial charge >= 0.3 is 0 Å². The average Bonchev–Trinajstić information content (AvgIpc) is 2.15. The van der Waals surface area contributed by atoms with E-state index in [1.54, 1.807) is 17.8 Å². The molecule has 0 fully saturated rings. The van der Waals surface area contributed by atoms with Gasteiger partial charge in [0.1, 0.15) is 5.82 Å². The molecule has 0 radical (unpaired) electrons. The molecule has 14 heavy (non-hydrogen) atoms. The molecule has 1 nitrogen and oxygen atoms in total. The third-order valence-electron chi connectivity index (χ3n) is 1.77. The first-order valence-corrected chi connectivity index (χ1v) is 5.99. The lowest BCUT2D eigenvalue weighted by atomic mass is 10.2. The summed E-state index contributed by atoms with van der Waals surface area (Å²) in [4.78, 5) is 0. The van der Waals surface area contributed by atoms with E-state index in [9.17, 15) is 4.39 Å². The summed E-state index contributed by atoms with van der Waals surface area (Å²) in [6.45, 7) is 0.712. The van der Waals surface area contributed by atoms with Gasteiger partial charge in [0.05, 0.1) is 0 Å². The zero-order valence-corrected chi connectivity index (χ0v) is 9.37. The number of hydrogen-bond acceptors (Lipinski definition) is 2. The Morgan fingerprint density at radius 2 is 2.21 bits per heavy atom. The quantitative estimate of drug-likeness (QED) is 0.792. The monoisotopic (exact) mass is 233 g/mol. The number of thioether (sulfide) groups is 1. The number of nitrogens with two attached hydrogens (primary N) is 1. The van der Waals surface area contributed by atoms with Gasteiger partial charge in [0.15, 0.2) is 0 Å². The molecular formula is C10H13ClFNS. The summed E-state index contributed by atoms with van der Waals surface area (Å²) in [6.07, 6.45) is 1.00. The smallest absolute Gasteiger partial charge is 0.124 e. The molecule has 0 amide bonds. The third-order valence-corrected chi connectivity index (χ3v) is 3.21. The first kappa shape index (κ1) is 11.8. The standard InChI is InChI=1S/C10H13ClFNS/c11-10-6-9(12)3-2-8(10)7-14-5-1-4-13/h2-3,6H,1,4-5,7,13H2. The van der Waals surface area contributed by atoms with Crippen LogP contribution in [-0.4, -0.2) is 12.3 Å². The van der Waals surface area contributed by atoms with E-state index >= 15 is 0 Å². The van der Waals surface area contributed by atoms with E-state index in [-0.39, 0.29) is 5.82 Å². The lowest BCUT2D eigenvalue weighted by molar-refractivity contribution is 0.627. The van der Waals surface area contributed by atoms with Gasteiger partial charge in [-0.1, -0.05) is 17.7 Å². The lowest BCUT2D eigenvalue weighted by Gasteiger charge is -2.03. The van der Waals surface area contributed by atoms with Gasteiger partial charge in [0, 0.05) is 10.8 Å². The highest BCUT2D eigenvalue weighted by molar-refractivity contribution is 7.98. The van der Waals surface area contributed by atoms with Crippen molar-refractivity contribution in [3.8, 4) is 0 Å². The molecule has 0 aliphatic heterocycles. The highest BCUT2D eigenvalue weighted by Gasteiger charge is 2.01. The molecule has 1 rings (SSSR count). The van der Waals surface area contributed by atoms with Crippen LogP contribution in [0.25, 0.3) is 0 Å². The first-order valence-electron chi connectivity index (χ1n) is 4.46. The predicted molar refractivity (Wildman–Crippen MR) is 61.2 cm³/mol. The van der Waals surface area contributed by atoms with Crippen LogP contribution >= 0.6 is 23.4 Å². The topological polar surface area (TPSA) is 26.0 Å². The number of halogens is 2. The van der Waals surface area contributed by atoms with Gasteiger partial charge < -0.3 is 5.73 Å². The molecular weight excluding hydrogens is 221 g/mol. The van der Waals surface area contributed by atoms with Crippen molar-refractivity contribution in [3.63, 3.8) is 0 Å². The van der Waals surface area contributed by atoms with Crippen LogP contribution in [0.3, 0.4) is 0 Å². The summed E-state index contributed by atoms with van der Waals surface area (Å²) in [5.41, 5.74) is 6.35. The normalized spacial score (nSPS) is 10.5. The third kappa shape index (κ3) is 3.86. The molecule has 1 aromatic carbocycles. The van der Waals surface area contributed by atoms with Gasteiger partial charge in [-0.3, -0.25) is 0 Å². The van der Waals surface area contributed by atoms with E-state index in [4.69, 9.17) is 17.3 Å². The van der Waals surface area contributed by atoms with Crippen molar-refractivity contribution in [1.82, 2.24) is 0 Å². The van der Waals surface area contributed by atoms with Gasteiger partial charge in [0.2, 0.25) is 0 Å². The molecule has 0 saturated heterocycles. The number of rotatable bonds is 5. The van der Waals surface area contributed by atoms with E-state index < -0.39 is 0 Å². The Morgan fingerprint density at radius 1 is 1.43 bits per heavy atom. The average molecular weight is 234 g/mol. The Kier molecular flexibility index (Phi) is 5.30. The second-order valence-electron chi connectivity index (χ2n) is 2.93. The zero-order valence-electron chi connectivity index (χ0n) is 7.80. The minimum absolute atomic E-state index is 0.286. The summed E-state index contributed by atoms with van der Waals surface area (Å²) >= 11 is 7.63. The fourth-order valence-corrected chi connectivity index (χ4v) is 2.31. The molecule has 0 bridgehead atoms. The van der Waals surface area contributed by atoms with Gasteiger partial charge in [-0.15, -0.1) is 0 Å². The van der Waals surface area contributed by atoms with Crippen molar-refractivity contribution >= 4 is 23.4 Å². The molecule has 0 unspecified atom stereocenters. The van der Waals surface area contributed by atoms with Crippen LogP contribution in [0.5, 0.6) is 0 Å². The largest absolute Gasteiger partial charge is 0.330 e. The maximum Gasteiger partial charge on any atom is 0.124 e. The van der Waals surface area contributed by atoms with E-state index in [2.05, 4.69) is 0 Å². The highest BCUT2D eigenvalue weighted by Crippen LogP contribution is 2.22. The maximum atomic E-state index is 12.7. The Labute approximate surface area is 92.8 Å². The minimum atomic E-state index is -0.286. The molecule has 1 aromatic rings. The fourth-order valence-electron chi connectivity index (χ4n) is 1.01. The van der Waals surface area contributed by atoms with Gasteiger partial charge in [-0.05, 0) is 36.4 Å². The van der Waals surface area contributed by atoms with Crippen molar-refractivity contribution in [2.24, 2.45) is 5.73 Å². The Morgan fingerprint density at radius 3 is 2.86 bits per heavy atom. The molecule has 0 saturated carbocycles. The molecule has 0 atom stereocenters. The van der Waals surface area contributed by atoms with E-state index in [1.807, 2.05) is 0 Å². The maximum absolute atomic E-state index is 12.7. The van der Waals surface area contributed by atoms with Crippen LogP contribution in [0.15, 0.2) is 18.2 Å². The van der Waals surface area contributed by atoms with Gasteiger partial charge in [0.25, 0.3) is 0 Å². The lowest BCUT2D eigenvalue weighted by Crippen LogP contribution is -1.99. The van der Waals surface area contributed by atoms with Crippen LogP contribution in [0.2, 0.25) is 5.02 Å². The molecule has 78 valence electrons. The highest BCUT2D eigenvalue weighted by atomic mass is 35.5. The van der Waals surface area contributed by atoms with Crippen molar-refractivity contribution in [2.45, 2.75) is 12.2 Å². The number of benzene rings is 1. The molecule has 0 aliphatic rings. The first-order chi connectivity index (χ1) is 6.74. The summed E-state index contributed by atoms with van der Waals surface area (Å²) in [5.74, 6) is 1.55. The Balaban J connectivity index is 2.42. The molecule has 0 heterocycles.